The predicted octanol–water partition coefficient (Wildman–Crippen LogP) is 4.98. The van der Waals surface area contributed by atoms with Gasteiger partial charge in [0.2, 0.25) is 0 Å². The summed E-state index contributed by atoms with van der Waals surface area (Å²) in [4.78, 5) is 0. The van der Waals surface area contributed by atoms with E-state index in [0.717, 1.165) is 5.92 Å². The van der Waals surface area contributed by atoms with E-state index in [4.69, 9.17) is 0 Å². The summed E-state index contributed by atoms with van der Waals surface area (Å²) in [5.41, 5.74) is 0. The van der Waals surface area contributed by atoms with E-state index in [2.05, 4.69) is 27.7 Å². The second kappa shape index (κ2) is 9.57. The molecule has 2 atom stereocenters. The Kier molecular flexibility index (Phi) is 9.91. The number of hydrogen-bond donors (Lipinski definition) is 0. The van der Waals surface area contributed by atoms with Crippen LogP contribution in [0.5, 0.6) is 0 Å². The molecule has 0 amide bonds. The van der Waals surface area contributed by atoms with Gasteiger partial charge in [-0.05, 0) is 0 Å². The summed E-state index contributed by atoms with van der Waals surface area (Å²) in [5.74, 6) is 0.896. The van der Waals surface area contributed by atoms with Crippen LogP contribution in [0.4, 0.5) is 0 Å². The molecule has 0 aliphatic heterocycles. The molecule has 98 valence electrons. The monoisotopic (exact) mass is 288 g/mol. The van der Waals surface area contributed by atoms with Crippen molar-refractivity contribution in [3.05, 3.63) is 0 Å². The van der Waals surface area contributed by atoms with Crippen LogP contribution in [0.2, 0.25) is 4.20 Å². The van der Waals surface area contributed by atoms with Crippen LogP contribution < -0.4 is 0 Å². The fraction of sp³-hybridized carbons (Fsp3) is 1.00. The normalized spacial score (nSPS) is 14.1. The van der Waals surface area contributed by atoms with Gasteiger partial charge in [0.1, 0.15) is 0 Å². The fourth-order valence-corrected chi connectivity index (χ4v) is 2.31. The first kappa shape index (κ1) is 16.6. The van der Waals surface area contributed by atoms with E-state index < -0.39 is 0 Å². The molecule has 0 heterocycles. The van der Waals surface area contributed by atoms with Crippen molar-refractivity contribution in [3.8, 4) is 0 Å². The number of unbranched alkanes of at least 4 members (excludes halogenated alkanes) is 7. The molecule has 0 rings (SSSR count). The number of hydrogen-bond acceptors (Lipinski definition) is 0. The molecule has 0 aliphatic rings. The zero-order valence-electron chi connectivity index (χ0n) is 12.0. The Bertz CT molecular complexity index is 146. The average molecular weight is 288 g/mol. The summed E-state index contributed by atoms with van der Waals surface area (Å²) < 4.78 is 0.564. The van der Waals surface area contributed by atoms with Crippen LogP contribution >= 0.6 is 0 Å². The molecule has 0 aromatic carbocycles. The molecule has 1 heteroatoms. The molecule has 0 saturated heterocycles. The van der Waals surface area contributed by atoms with Crippen molar-refractivity contribution < 1.29 is 0 Å². The Labute approximate surface area is 112 Å². The maximum absolute atomic E-state index is 2.42. The van der Waals surface area contributed by atoms with E-state index in [1.807, 2.05) is 16.9 Å². The molecule has 0 saturated carbocycles. The minimum absolute atomic E-state index is 0.564. The van der Waals surface area contributed by atoms with Gasteiger partial charge in [-0.15, -0.1) is 0 Å². The van der Waals surface area contributed by atoms with E-state index >= 15 is 0 Å². The summed E-state index contributed by atoms with van der Waals surface area (Å²) in [5, 5.41) is 0. The molecular formula is C15H33As. The van der Waals surface area contributed by atoms with Gasteiger partial charge in [0, 0.05) is 0 Å². The Morgan fingerprint density at radius 1 is 0.875 bits per heavy atom. The van der Waals surface area contributed by atoms with Crippen molar-refractivity contribution in [1.82, 2.24) is 0 Å². The zero-order chi connectivity index (χ0) is 12.4. The molecule has 0 bridgehead atoms. The molecule has 16 heavy (non-hydrogen) atoms. The van der Waals surface area contributed by atoms with Crippen LogP contribution in [-0.2, 0) is 0 Å². The first-order valence-corrected chi connectivity index (χ1v) is 8.48. The first-order valence-electron chi connectivity index (χ1n) is 7.27. The Morgan fingerprint density at radius 3 is 1.75 bits per heavy atom. The van der Waals surface area contributed by atoms with Gasteiger partial charge < -0.3 is 0 Å². The van der Waals surface area contributed by atoms with Crippen molar-refractivity contribution in [1.29, 1.82) is 0 Å². The van der Waals surface area contributed by atoms with Crippen LogP contribution in [0.1, 0.15) is 85.5 Å². The van der Waals surface area contributed by atoms with Crippen LogP contribution in [0.25, 0.3) is 0 Å². The standard InChI is InChI=1S/C15H33As/c1-5-6-7-8-9-10-11-12-13-14(2)15(3,4)16/h14H,5-13,16H2,1-4H3. The predicted molar refractivity (Wildman–Crippen MR) is 79.0 cm³/mol. The summed E-state index contributed by atoms with van der Waals surface area (Å²) in [6.07, 6.45) is 13.0. The van der Waals surface area contributed by atoms with E-state index in [9.17, 15) is 0 Å². The molecule has 0 aromatic heterocycles. The van der Waals surface area contributed by atoms with Gasteiger partial charge in [0.05, 0.1) is 0 Å². The van der Waals surface area contributed by atoms with Gasteiger partial charge >= 0.3 is 112 Å². The Balaban J connectivity index is 3.21. The van der Waals surface area contributed by atoms with E-state index in [-0.39, 0.29) is 0 Å². The van der Waals surface area contributed by atoms with Crippen molar-refractivity contribution >= 4 is 16.9 Å². The Morgan fingerprint density at radius 2 is 1.31 bits per heavy atom. The van der Waals surface area contributed by atoms with E-state index in [1.165, 1.54) is 57.8 Å². The number of rotatable bonds is 10. The van der Waals surface area contributed by atoms with E-state index in [1.54, 1.807) is 0 Å². The Hall–Kier alpha value is 0.558. The third-order valence-electron chi connectivity index (χ3n) is 3.76. The van der Waals surface area contributed by atoms with Crippen molar-refractivity contribution in [2.45, 2.75) is 89.7 Å². The van der Waals surface area contributed by atoms with Crippen LogP contribution in [-0.4, -0.2) is 16.9 Å². The van der Waals surface area contributed by atoms with Crippen LogP contribution in [0, 0.1) is 5.92 Å². The second-order valence-electron chi connectivity index (χ2n) is 5.99. The summed E-state index contributed by atoms with van der Waals surface area (Å²) in [7, 11) is 0. The molecule has 0 radical (unpaired) electrons. The molecule has 0 nitrogen and oxygen atoms in total. The van der Waals surface area contributed by atoms with Crippen molar-refractivity contribution in [3.63, 3.8) is 0 Å². The van der Waals surface area contributed by atoms with Gasteiger partial charge in [0.25, 0.3) is 0 Å². The average Bonchev–Trinajstić information content (AvgIpc) is 2.20. The maximum atomic E-state index is 2.42. The van der Waals surface area contributed by atoms with Crippen LogP contribution in [0.15, 0.2) is 0 Å². The van der Waals surface area contributed by atoms with E-state index in [0.29, 0.717) is 4.20 Å². The summed E-state index contributed by atoms with van der Waals surface area (Å²) >= 11 is 1.90. The first-order chi connectivity index (χ1) is 7.48. The van der Waals surface area contributed by atoms with Gasteiger partial charge in [-0.1, -0.05) is 0 Å². The van der Waals surface area contributed by atoms with Crippen molar-refractivity contribution in [2.75, 3.05) is 0 Å². The van der Waals surface area contributed by atoms with Crippen LogP contribution in [0.3, 0.4) is 0 Å². The molecule has 2 unspecified atom stereocenters. The topological polar surface area (TPSA) is 0 Å². The third kappa shape index (κ3) is 9.76. The van der Waals surface area contributed by atoms with Gasteiger partial charge in [-0.3, -0.25) is 0 Å². The van der Waals surface area contributed by atoms with Gasteiger partial charge in [0.15, 0.2) is 0 Å². The summed E-state index contributed by atoms with van der Waals surface area (Å²) in [6, 6.07) is 0. The molecular weight excluding hydrogens is 255 g/mol. The van der Waals surface area contributed by atoms with Gasteiger partial charge in [-0.2, -0.15) is 0 Å². The second-order valence-corrected chi connectivity index (χ2v) is 9.11. The minimum atomic E-state index is 0.564. The molecule has 0 aromatic rings. The third-order valence-corrected chi connectivity index (χ3v) is 4.95. The molecule has 0 fully saturated rings. The van der Waals surface area contributed by atoms with Crippen molar-refractivity contribution in [2.24, 2.45) is 5.92 Å². The summed E-state index contributed by atoms with van der Waals surface area (Å²) in [6.45, 7) is 9.49. The molecule has 0 spiro atoms. The molecule has 0 N–H and O–H groups in total. The zero-order valence-corrected chi connectivity index (χ0v) is 14.4. The SMILES string of the molecule is CCCCCCCCCCC(C)C(C)(C)[AsH2]. The quantitative estimate of drug-likeness (QED) is 0.392. The molecule has 0 aliphatic carbocycles. The fourth-order valence-electron chi connectivity index (χ4n) is 1.96. The van der Waals surface area contributed by atoms with Gasteiger partial charge in [-0.25, -0.2) is 0 Å².